The number of carbonyl (C=O) groups excluding carboxylic acids is 1. The summed E-state index contributed by atoms with van der Waals surface area (Å²) in [6, 6.07) is 10.4. The molecular formula is C22H27N5O. The highest BCUT2D eigenvalue weighted by Crippen LogP contribution is 2.24. The van der Waals surface area contributed by atoms with Gasteiger partial charge in [-0.15, -0.1) is 0 Å². The van der Waals surface area contributed by atoms with Crippen LogP contribution in [0.25, 0.3) is 11.0 Å². The van der Waals surface area contributed by atoms with E-state index < -0.39 is 0 Å². The number of carbonyl (C=O) groups is 1. The van der Waals surface area contributed by atoms with Crippen molar-refractivity contribution < 1.29 is 4.79 Å². The molecule has 1 N–H and O–H groups in total. The molecule has 1 aliphatic rings. The van der Waals surface area contributed by atoms with Crippen LogP contribution in [0.1, 0.15) is 31.9 Å². The lowest BCUT2D eigenvalue weighted by Crippen LogP contribution is -2.49. The fourth-order valence-electron chi connectivity index (χ4n) is 3.69. The minimum Gasteiger partial charge on any atom is -0.352 e. The lowest BCUT2D eigenvalue weighted by Gasteiger charge is -2.35. The predicted octanol–water partition coefficient (Wildman–Crippen LogP) is 3.15. The van der Waals surface area contributed by atoms with E-state index in [-0.39, 0.29) is 11.3 Å². The summed E-state index contributed by atoms with van der Waals surface area (Å²) in [6.07, 6.45) is 3.93. The van der Waals surface area contributed by atoms with E-state index in [0.29, 0.717) is 6.42 Å². The summed E-state index contributed by atoms with van der Waals surface area (Å²) in [5.74, 6) is 1.13. The largest absolute Gasteiger partial charge is 0.352 e. The van der Waals surface area contributed by atoms with Crippen LogP contribution in [0.4, 0.5) is 5.82 Å². The quantitative estimate of drug-likeness (QED) is 0.762. The Morgan fingerprint density at radius 1 is 1.04 bits per heavy atom. The van der Waals surface area contributed by atoms with Gasteiger partial charge in [-0.25, -0.2) is 9.97 Å². The van der Waals surface area contributed by atoms with E-state index in [9.17, 15) is 4.79 Å². The van der Waals surface area contributed by atoms with E-state index in [1.165, 1.54) is 5.56 Å². The minimum atomic E-state index is 0.130. The first-order chi connectivity index (χ1) is 13.4. The van der Waals surface area contributed by atoms with E-state index >= 15 is 0 Å². The average molecular weight is 377 g/mol. The Kier molecular flexibility index (Phi) is 4.79. The molecule has 0 atom stereocenters. The second-order valence-corrected chi connectivity index (χ2v) is 8.43. The van der Waals surface area contributed by atoms with Crippen LogP contribution in [0.2, 0.25) is 0 Å². The van der Waals surface area contributed by atoms with Crippen molar-refractivity contribution in [2.45, 2.75) is 32.6 Å². The van der Waals surface area contributed by atoms with Gasteiger partial charge in [0.1, 0.15) is 17.8 Å². The number of aromatic nitrogens is 3. The second-order valence-electron chi connectivity index (χ2n) is 8.43. The number of aromatic amines is 1. The first-order valence-corrected chi connectivity index (χ1v) is 9.82. The molecule has 6 nitrogen and oxygen atoms in total. The molecular weight excluding hydrogens is 350 g/mol. The zero-order valence-electron chi connectivity index (χ0n) is 16.8. The molecule has 3 heterocycles. The van der Waals surface area contributed by atoms with Crippen LogP contribution in [-0.2, 0) is 16.6 Å². The molecule has 3 aromatic rings. The molecule has 1 saturated heterocycles. The van der Waals surface area contributed by atoms with E-state index in [0.717, 1.165) is 48.6 Å². The van der Waals surface area contributed by atoms with Crippen molar-refractivity contribution in [2.75, 3.05) is 31.1 Å². The molecule has 4 rings (SSSR count). The van der Waals surface area contributed by atoms with Crippen molar-refractivity contribution in [3.8, 4) is 0 Å². The molecule has 0 unspecified atom stereocenters. The highest BCUT2D eigenvalue weighted by Gasteiger charge is 2.23. The standard InChI is InChI=1S/C22H27N5O/c1-22(2,3)17-6-4-16(5-7-17)14-19(28)26-10-12-27(13-11-26)21-18-8-9-23-20(18)24-15-25-21/h4-9,15H,10-14H2,1-3H3,(H,23,24,25). The van der Waals surface area contributed by atoms with E-state index in [1.807, 2.05) is 17.2 Å². The van der Waals surface area contributed by atoms with Crippen LogP contribution in [0.3, 0.4) is 0 Å². The second kappa shape index (κ2) is 7.26. The van der Waals surface area contributed by atoms with Crippen LogP contribution in [0, 0.1) is 0 Å². The van der Waals surface area contributed by atoms with Crippen molar-refractivity contribution in [3.05, 3.63) is 54.0 Å². The van der Waals surface area contributed by atoms with Crippen LogP contribution in [0.5, 0.6) is 0 Å². The molecule has 2 aromatic heterocycles. The predicted molar refractivity (Wildman–Crippen MR) is 112 cm³/mol. The maximum absolute atomic E-state index is 12.7. The molecule has 1 aliphatic heterocycles. The molecule has 6 heteroatoms. The number of benzene rings is 1. The average Bonchev–Trinajstić information content (AvgIpc) is 3.17. The van der Waals surface area contributed by atoms with Gasteiger partial charge in [0, 0.05) is 32.4 Å². The van der Waals surface area contributed by atoms with Gasteiger partial charge >= 0.3 is 0 Å². The Labute approximate surface area is 165 Å². The number of amides is 1. The van der Waals surface area contributed by atoms with E-state index in [2.05, 4.69) is 64.9 Å². The monoisotopic (exact) mass is 377 g/mol. The third-order valence-electron chi connectivity index (χ3n) is 5.44. The number of nitrogens with one attached hydrogen (secondary N) is 1. The van der Waals surface area contributed by atoms with Gasteiger partial charge in [-0.2, -0.15) is 0 Å². The number of piperazine rings is 1. The smallest absolute Gasteiger partial charge is 0.227 e. The Morgan fingerprint density at radius 2 is 1.75 bits per heavy atom. The zero-order valence-corrected chi connectivity index (χ0v) is 16.8. The van der Waals surface area contributed by atoms with Gasteiger partial charge in [-0.05, 0) is 22.6 Å². The molecule has 1 aromatic carbocycles. The van der Waals surface area contributed by atoms with Gasteiger partial charge in [0.2, 0.25) is 5.91 Å². The summed E-state index contributed by atoms with van der Waals surface area (Å²) in [5, 5.41) is 1.03. The van der Waals surface area contributed by atoms with Gasteiger partial charge in [0.25, 0.3) is 0 Å². The topological polar surface area (TPSA) is 65.1 Å². The summed E-state index contributed by atoms with van der Waals surface area (Å²) in [4.78, 5) is 28.8. The summed E-state index contributed by atoms with van der Waals surface area (Å²) in [7, 11) is 0. The maximum Gasteiger partial charge on any atom is 0.227 e. The van der Waals surface area contributed by atoms with Crippen molar-refractivity contribution in [1.82, 2.24) is 19.9 Å². The Balaban J connectivity index is 1.37. The summed E-state index contributed by atoms with van der Waals surface area (Å²) < 4.78 is 0. The lowest BCUT2D eigenvalue weighted by atomic mass is 9.86. The van der Waals surface area contributed by atoms with Crippen molar-refractivity contribution in [3.63, 3.8) is 0 Å². The van der Waals surface area contributed by atoms with Gasteiger partial charge in [0.15, 0.2) is 0 Å². The molecule has 0 radical (unpaired) electrons. The fraction of sp³-hybridized carbons (Fsp3) is 0.409. The summed E-state index contributed by atoms with van der Waals surface area (Å²) >= 11 is 0. The highest BCUT2D eigenvalue weighted by atomic mass is 16.2. The Morgan fingerprint density at radius 3 is 2.43 bits per heavy atom. The number of H-pyrrole nitrogens is 1. The molecule has 0 spiro atoms. The number of hydrogen-bond acceptors (Lipinski definition) is 4. The van der Waals surface area contributed by atoms with E-state index in [1.54, 1.807) is 6.33 Å². The molecule has 28 heavy (non-hydrogen) atoms. The van der Waals surface area contributed by atoms with Crippen LogP contribution in [-0.4, -0.2) is 51.9 Å². The fourth-order valence-corrected chi connectivity index (χ4v) is 3.69. The van der Waals surface area contributed by atoms with Crippen molar-refractivity contribution in [1.29, 1.82) is 0 Å². The van der Waals surface area contributed by atoms with Crippen LogP contribution in [0.15, 0.2) is 42.9 Å². The van der Waals surface area contributed by atoms with E-state index in [4.69, 9.17) is 0 Å². The van der Waals surface area contributed by atoms with Gasteiger partial charge < -0.3 is 14.8 Å². The number of fused-ring (bicyclic) bond motifs is 1. The van der Waals surface area contributed by atoms with Crippen molar-refractivity contribution in [2.24, 2.45) is 0 Å². The van der Waals surface area contributed by atoms with Gasteiger partial charge in [0.05, 0.1) is 11.8 Å². The van der Waals surface area contributed by atoms with Crippen molar-refractivity contribution >= 4 is 22.8 Å². The van der Waals surface area contributed by atoms with Crippen LogP contribution < -0.4 is 4.90 Å². The Bertz CT molecular complexity index is 963. The number of hydrogen-bond donors (Lipinski definition) is 1. The highest BCUT2D eigenvalue weighted by molar-refractivity contribution is 5.87. The zero-order chi connectivity index (χ0) is 19.7. The Hall–Kier alpha value is -2.89. The number of anilines is 1. The minimum absolute atomic E-state index is 0.130. The summed E-state index contributed by atoms with van der Waals surface area (Å²) in [5.41, 5.74) is 3.34. The normalized spacial score (nSPS) is 15.2. The van der Waals surface area contributed by atoms with Gasteiger partial charge in [-0.3, -0.25) is 4.79 Å². The number of rotatable bonds is 3. The summed E-state index contributed by atoms with van der Waals surface area (Å²) in [6.45, 7) is 9.60. The first kappa shape index (κ1) is 18.5. The first-order valence-electron chi connectivity index (χ1n) is 9.82. The van der Waals surface area contributed by atoms with Gasteiger partial charge in [-0.1, -0.05) is 45.0 Å². The third-order valence-corrected chi connectivity index (χ3v) is 5.44. The molecule has 146 valence electrons. The molecule has 1 fully saturated rings. The molecule has 0 bridgehead atoms. The molecule has 1 amide bonds. The molecule has 0 aliphatic carbocycles. The number of nitrogens with zero attached hydrogens (tertiary/aromatic N) is 4. The maximum atomic E-state index is 12.7. The molecule has 0 saturated carbocycles. The third kappa shape index (κ3) is 3.72. The SMILES string of the molecule is CC(C)(C)c1ccc(CC(=O)N2CCN(c3ncnc4[nH]ccc34)CC2)cc1. The lowest BCUT2D eigenvalue weighted by molar-refractivity contribution is -0.130. The van der Waals surface area contributed by atoms with Crippen LogP contribution >= 0.6 is 0 Å².